The quantitative estimate of drug-likeness (QED) is 0.630. The molecule has 86 valence electrons. The van der Waals surface area contributed by atoms with Gasteiger partial charge in [0.15, 0.2) is 0 Å². The van der Waals surface area contributed by atoms with E-state index in [4.69, 9.17) is 0 Å². The van der Waals surface area contributed by atoms with Gasteiger partial charge in [0.2, 0.25) is 0 Å². The van der Waals surface area contributed by atoms with Crippen LogP contribution in [0.25, 0.3) is 11.1 Å². The number of allylic oxidation sites excluding steroid dienone is 4. The normalized spacial score (nSPS) is 16.0. The summed E-state index contributed by atoms with van der Waals surface area (Å²) in [4.78, 5) is 2.73. The summed E-state index contributed by atoms with van der Waals surface area (Å²) in [5.74, 6) is 0. The number of rotatable bonds is 0. The van der Waals surface area contributed by atoms with Crippen LogP contribution in [0, 0.1) is 0 Å². The highest BCUT2D eigenvalue weighted by molar-refractivity contribution is 7.99. The molecular formula is C17H12S. The first kappa shape index (κ1) is 10.2. The summed E-state index contributed by atoms with van der Waals surface area (Å²) < 4.78 is 0. The largest absolute Gasteiger partial charge is 0.0888 e. The third kappa shape index (κ3) is 1.41. The zero-order chi connectivity index (χ0) is 11.9. The van der Waals surface area contributed by atoms with Gasteiger partial charge in [0.25, 0.3) is 0 Å². The van der Waals surface area contributed by atoms with E-state index in [1.807, 2.05) is 11.8 Å². The van der Waals surface area contributed by atoms with Crippen LogP contribution in [0.3, 0.4) is 0 Å². The lowest BCUT2D eigenvalue weighted by atomic mass is 9.95. The van der Waals surface area contributed by atoms with E-state index in [2.05, 4.69) is 60.7 Å². The highest BCUT2D eigenvalue weighted by Gasteiger charge is 2.22. The van der Waals surface area contributed by atoms with Crippen molar-refractivity contribution in [3.05, 3.63) is 71.8 Å². The molecule has 0 unspecified atom stereocenters. The van der Waals surface area contributed by atoms with Crippen molar-refractivity contribution in [3.63, 3.8) is 0 Å². The minimum atomic E-state index is 1.05. The van der Waals surface area contributed by atoms with E-state index in [0.29, 0.717) is 0 Å². The first-order valence-corrected chi connectivity index (χ1v) is 7.02. The van der Waals surface area contributed by atoms with E-state index in [1.165, 1.54) is 32.1 Å². The molecule has 0 N–H and O–H groups in total. The van der Waals surface area contributed by atoms with Gasteiger partial charge in [0.1, 0.15) is 0 Å². The van der Waals surface area contributed by atoms with E-state index in [0.717, 1.165) is 6.42 Å². The maximum absolute atomic E-state index is 2.34. The fourth-order valence-corrected chi connectivity index (χ4v) is 3.81. The van der Waals surface area contributed by atoms with Crippen LogP contribution in [-0.2, 0) is 0 Å². The summed E-state index contributed by atoms with van der Waals surface area (Å²) in [6.45, 7) is 0. The summed E-state index contributed by atoms with van der Waals surface area (Å²) in [5, 5.41) is 0. The molecule has 0 fully saturated rings. The van der Waals surface area contributed by atoms with Gasteiger partial charge in [0.05, 0.1) is 0 Å². The van der Waals surface area contributed by atoms with Gasteiger partial charge in [-0.2, -0.15) is 0 Å². The highest BCUT2D eigenvalue weighted by atomic mass is 32.2. The van der Waals surface area contributed by atoms with Crippen LogP contribution < -0.4 is 0 Å². The molecule has 18 heavy (non-hydrogen) atoms. The van der Waals surface area contributed by atoms with Crippen LogP contribution in [0.4, 0.5) is 0 Å². The molecule has 1 aliphatic carbocycles. The Morgan fingerprint density at radius 3 is 1.72 bits per heavy atom. The van der Waals surface area contributed by atoms with Crippen LogP contribution in [0.5, 0.6) is 0 Å². The molecule has 1 heteroatoms. The third-order valence-electron chi connectivity index (χ3n) is 3.51. The van der Waals surface area contributed by atoms with Crippen LogP contribution >= 0.6 is 11.8 Å². The number of hydrogen-bond acceptors (Lipinski definition) is 1. The van der Waals surface area contributed by atoms with Crippen LogP contribution in [0.2, 0.25) is 0 Å². The van der Waals surface area contributed by atoms with Crippen molar-refractivity contribution in [1.82, 2.24) is 0 Å². The number of hydrogen-bond donors (Lipinski definition) is 0. The molecule has 0 radical (unpaired) electrons. The van der Waals surface area contributed by atoms with Gasteiger partial charge in [-0.3, -0.25) is 0 Å². The first-order chi connectivity index (χ1) is 8.93. The summed E-state index contributed by atoms with van der Waals surface area (Å²) in [7, 11) is 0. The average Bonchev–Trinajstić information content (AvgIpc) is 2.84. The molecule has 2 aliphatic rings. The van der Waals surface area contributed by atoms with Crippen molar-refractivity contribution < 1.29 is 0 Å². The molecule has 2 aromatic rings. The van der Waals surface area contributed by atoms with Crippen LogP contribution in [0.15, 0.2) is 70.5 Å². The van der Waals surface area contributed by atoms with Gasteiger partial charge in [-0.25, -0.2) is 0 Å². The monoisotopic (exact) mass is 248 g/mol. The Bertz CT molecular complexity index is 633. The molecule has 1 heterocycles. The summed E-state index contributed by atoms with van der Waals surface area (Å²) in [6.07, 6.45) is 5.74. The lowest BCUT2D eigenvalue weighted by molar-refractivity contribution is 1.37. The Morgan fingerprint density at radius 2 is 1.17 bits per heavy atom. The molecule has 0 spiro atoms. The van der Waals surface area contributed by atoms with E-state index >= 15 is 0 Å². The third-order valence-corrected chi connectivity index (χ3v) is 4.66. The Balaban J connectivity index is 2.05. The lowest BCUT2D eigenvalue weighted by Gasteiger charge is -2.08. The fraction of sp³-hybridized carbons (Fsp3) is 0.0588. The second kappa shape index (κ2) is 3.89. The van der Waals surface area contributed by atoms with Crippen molar-refractivity contribution in [2.24, 2.45) is 0 Å². The molecule has 0 saturated heterocycles. The second-order valence-corrected chi connectivity index (χ2v) is 5.65. The summed E-state index contributed by atoms with van der Waals surface area (Å²) in [5.41, 5.74) is 5.57. The standard InChI is InChI=1S/C17H12S/c1-3-10-16-14(6-1)12-8-5-9-13(12)15-7-2-4-11-17(15)18-16/h1-4,6-11H,5H2. The van der Waals surface area contributed by atoms with Crippen molar-refractivity contribution in [1.29, 1.82) is 0 Å². The Morgan fingerprint density at radius 1 is 0.667 bits per heavy atom. The van der Waals surface area contributed by atoms with Gasteiger partial charge in [0, 0.05) is 9.79 Å². The minimum absolute atomic E-state index is 1.05. The topological polar surface area (TPSA) is 0 Å². The van der Waals surface area contributed by atoms with Gasteiger partial charge in [-0.05, 0) is 40.8 Å². The predicted octanol–water partition coefficient (Wildman–Crippen LogP) is 5.02. The van der Waals surface area contributed by atoms with E-state index < -0.39 is 0 Å². The van der Waals surface area contributed by atoms with Crippen LogP contribution in [0.1, 0.15) is 17.5 Å². The molecular weight excluding hydrogens is 236 g/mol. The molecule has 4 rings (SSSR count). The van der Waals surface area contributed by atoms with Crippen molar-refractivity contribution in [3.8, 4) is 0 Å². The number of fused-ring (bicyclic) bond motifs is 5. The molecule has 2 aromatic carbocycles. The van der Waals surface area contributed by atoms with Gasteiger partial charge >= 0.3 is 0 Å². The van der Waals surface area contributed by atoms with Crippen molar-refractivity contribution >= 4 is 22.9 Å². The lowest BCUT2D eigenvalue weighted by Crippen LogP contribution is -1.86. The second-order valence-electron chi connectivity index (χ2n) is 4.57. The molecule has 0 aromatic heterocycles. The average molecular weight is 248 g/mol. The molecule has 0 bridgehead atoms. The minimum Gasteiger partial charge on any atom is -0.0888 e. The van der Waals surface area contributed by atoms with Gasteiger partial charge in [-0.1, -0.05) is 60.3 Å². The highest BCUT2D eigenvalue weighted by Crippen LogP contribution is 2.48. The Labute approximate surface area is 111 Å². The molecule has 0 atom stereocenters. The SMILES string of the molecule is C1=C2C(=CC1)c1ccccc1Sc1ccccc12. The van der Waals surface area contributed by atoms with E-state index in [1.54, 1.807) is 0 Å². The van der Waals surface area contributed by atoms with E-state index in [9.17, 15) is 0 Å². The van der Waals surface area contributed by atoms with Gasteiger partial charge < -0.3 is 0 Å². The summed E-state index contributed by atoms with van der Waals surface area (Å²) in [6, 6.07) is 17.4. The first-order valence-electron chi connectivity index (χ1n) is 6.21. The van der Waals surface area contributed by atoms with Crippen molar-refractivity contribution in [2.45, 2.75) is 16.2 Å². The maximum Gasteiger partial charge on any atom is 0.0201 e. The molecule has 0 amide bonds. The maximum atomic E-state index is 2.34. The predicted molar refractivity (Wildman–Crippen MR) is 77.6 cm³/mol. The van der Waals surface area contributed by atoms with Gasteiger partial charge in [-0.15, -0.1) is 0 Å². The van der Waals surface area contributed by atoms with Crippen molar-refractivity contribution in [2.75, 3.05) is 0 Å². The molecule has 0 nitrogen and oxygen atoms in total. The van der Waals surface area contributed by atoms with E-state index in [-0.39, 0.29) is 0 Å². The zero-order valence-corrected chi connectivity index (χ0v) is 10.7. The summed E-state index contributed by atoms with van der Waals surface area (Å²) >= 11 is 1.88. The zero-order valence-electron chi connectivity index (χ0n) is 9.89. The smallest absolute Gasteiger partial charge is 0.0201 e. The Hall–Kier alpha value is -1.73. The van der Waals surface area contributed by atoms with Crippen LogP contribution in [-0.4, -0.2) is 0 Å². The molecule has 0 saturated carbocycles. The fourth-order valence-electron chi connectivity index (χ4n) is 2.70. The Kier molecular flexibility index (Phi) is 2.21. The number of benzene rings is 2. The molecule has 1 aliphatic heterocycles.